The zero-order valence-corrected chi connectivity index (χ0v) is 16.9. The summed E-state index contributed by atoms with van der Waals surface area (Å²) in [6, 6.07) is 1.23. The van der Waals surface area contributed by atoms with Gasteiger partial charge in [0.05, 0.1) is 19.8 Å². The second kappa shape index (κ2) is 9.91. The Labute approximate surface area is 168 Å². The molecule has 1 saturated heterocycles. The maximum atomic E-state index is 11.8. The van der Waals surface area contributed by atoms with Crippen LogP contribution < -0.4 is 11.4 Å². The fourth-order valence-electron chi connectivity index (χ4n) is 2.29. The van der Waals surface area contributed by atoms with Crippen molar-refractivity contribution in [2.75, 3.05) is 25.6 Å². The van der Waals surface area contributed by atoms with E-state index in [1.807, 2.05) is 0 Å². The van der Waals surface area contributed by atoms with Gasteiger partial charge < -0.3 is 40.7 Å². The zero-order valence-electron chi connectivity index (χ0n) is 15.1. The molecule has 0 radical (unpaired) electrons. The van der Waals surface area contributed by atoms with E-state index in [2.05, 4.69) is 18.3 Å². The number of anilines is 1. The van der Waals surface area contributed by atoms with E-state index < -0.39 is 71.8 Å². The van der Waals surface area contributed by atoms with E-state index in [1.165, 1.54) is 6.07 Å². The Morgan fingerprint density at radius 3 is 2.47 bits per heavy atom. The summed E-state index contributed by atoms with van der Waals surface area (Å²) in [5.41, 5.74) is 4.46. The third-order valence-electron chi connectivity index (χ3n) is 3.71. The third kappa shape index (κ3) is 6.62. The Kier molecular flexibility index (Phi) is 8.26. The van der Waals surface area contributed by atoms with Gasteiger partial charge in [0, 0.05) is 6.20 Å². The van der Waals surface area contributed by atoms with Crippen molar-refractivity contribution in [1.29, 1.82) is 0 Å². The summed E-state index contributed by atoms with van der Waals surface area (Å²) in [5, 5.41) is 37.7. The molecule has 1 aromatic heterocycles. The molecule has 7 atom stereocenters. The molecule has 0 aromatic carbocycles. The van der Waals surface area contributed by atoms with Gasteiger partial charge >= 0.3 is 21.3 Å². The lowest BCUT2D eigenvalue weighted by Crippen LogP contribution is -2.36. The molecule has 18 heteroatoms. The number of hydrogen-bond acceptors (Lipinski definition) is 13. The lowest BCUT2D eigenvalue weighted by molar-refractivity contribution is -0.0543. The quantitative estimate of drug-likeness (QED) is 0.166. The second-order valence-corrected chi connectivity index (χ2v) is 9.08. The van der Waals surface area contributed by atoms with Crippen molar-refractivity contribution < 1.29 is 57.4 Å². The molecule has 2 unspecified atom stereocenters. The molecule has 0 bridgehead atoms. The van der Waals surface area contributed by atoms with Crippen LogP contribution in [0.1, 0.15) is 6.23 Å². The van der Waals surface area contributed by atoms with Crippen LogP contribution in [0.15, 0.2) is 17.1 Å². The number of phosphoric ester groups is 2. The van der Waals surface area contributed by atoms with Crippen molar-refractivity contribution in [1.82, 2.24) is 9.55 Å². The number of aromatic nitrogens is 2. The van der Waals surface area contributed by atoms with Crippen molar-refractivity contribution in [3.05, 3.63) is 22.7 Å². The number of rotatable bonds is 10. The van der Waals surface area contributed by atoms with Crippen molar-refractivity contribution >= 4 is 21.5 Å². The molecular formula is C12H21N3O13P2. The summed E-state index contributed by atoms with van der Waals surface area (Å²) in [6.07, 6.45) is -6.62. The Morgan fingerprint density at radius 2 is 1.87 bits per heavy atom. The van der Waals surface area contributed by atoms with Crippen LogP contribution >= 0.6 is 15.6 Å². The predicted molar refractivity (Wildman–Crippen MR) is 94.6 cm³/mol. The zero-order chi connectivity index (χ0) is 22.7. The average Bonchev–Trinajstić information content (AvgIpc) is 2.92. The lowest BCUT2D eigenvalue weighted by Gasteiger charge is -2.19. The average molecular weight is 477 g/mol. The van der Waals surface area contributed by atoms with E-state index in [4.69, 9.17) is 20.7 Å². The van der Waals surface area contributed by atoms with Gasteiger partial charge in [0.2, 0.25) is 0 Å². The minimum atomic E-state index is -5.24. The second-order valence-electron chi connectivity index (χ2n) is 6.04. The van der Waals surface area contributed by atoms with Gasteiger partial charge in [-0.25, -0.2) is 13.9 Å². The fourth-order valence-corrected chi connectivity index (χ4v) is 4.41. The van der Waals surface area contributed by atoms with Gasteiger partial charge in [-0.3, -0.25) is 13.6 Å². The topological polar surface area (TPSA) is 253 Å². The normalized spacial score (nSPS) is 29.3. The molecule has 172 valence electrons. The van der Waals surface area contributed by atoms with E-state index in [0.29, 0.717) is 0 Å². The SMILES string of the molecule is Nc1ccn([C@@H]2O[C@H](COP(=O)(O)OP(=O)(O)OC[C@H](O)CO)[C@@H](O)[C@H]2O)c(=O)n1. The first-order chi connectivity index (χ1) is 13.8. The van der Waals surface area contributed by atoms with E-state index >= 15 is 0 Å². The van der Waals surface area contributed by atoms with Gasteiger partial charge in [-0.2, -0.15) is 9.29 Å². The summed E-state index contributed by atoms with van der Waals surface area (Å²) in [6.45, 7) is -2.59. The number of nitrogen functional groups attached to an aromatic ring is 1. The highest BCUT2D eigenvalue weighted by Gasteiger charge is 2.46. The molecule has 1 fully saturated rings. The van der Waals surface area contributed by atoms with Crippen LogP contribution in [0.3, 0.4) is 0 Å². The highest BCUT2D eigenvalue weighted by Crippen LogP contribution is 2.60. The van der Waals surface area contributed by atoms with E-state index in [1.54, 1.807) is 0 Å². The molecule has 2 heterocycles. The van der Waals surface area contributed by atoms with E-state index in [-0.39, 0.29) is 5.82 Å². The van der Waals surface area contributed by atoms with Crippen LogP contribution in [0, 0.1) is 0 Å². The highest BCUT2D eigenvalue weighted by molar-refractivity contribution is 7.61. The minimum Gasteiger partial charge on any atom is -0.394 e. The first-order valence-corrected chi connectivity index (χ1v) is 11.2. The van der Waals surface area contributed by atoms with Gasteiger partial charge in [0.25, 0.3) is 0 Å². The molecule has 0 spiro atoms. The number of phosphoric acid groups is 2. The standard InChI is InChI=1S/C12H21N3O13P2/c13-8-1-2-15(12(20)14-8)11-10(19)9(18)7(27-11)5-26-30(23,24)28-29(21,22)25-4-6(17)3-16/h1-2,6-7,9-11,16-19H,3-5H2,(H,21,22)(H,23,24)(H2,13,14,20)/t6-,7-,9-,10-,11-/m1/s1. The molecule has 30 heavy (non-hydrogen) atoms. The lowest BCUT2D eigenvalue weighted by atomic mass is 10.1. The minimum absolute atomic E-state index is 0.0929. The summed E-state index contributed by atoms with van der Waals surface area (Å²) < 4.78 is 42.2. The summed E-state index contributed by atoms with van der Waals surface area (Å²) >= 11 is 0. The monoisotopic (exact) mass is 477 g/mol. The van der Waals surface area contributed by atoms with Crippen LogP contribution in [0.25, 0.3) is 0 Å². The van der Waals surface area contributed by atoms with Crippen LogP contribution in [0.2, 0.25) is 0 Å². The van der Waals surface area contributed by atoms with Crippen molar-refractivity contribution in [3.8, 4) is 0 Å². The molecule has 0 amide bonds. The Bertz CT molecular complexity index is 881. The van der Waals surface area contributed by atoms with Crippen LogP contribution in [0.4, 0.5) is 5.82 Å². The first-order valence-electron chi connectivity index (χ1n) is 8.16. The molecule has 2 rings (SSSR count). The van der Waals surface area contributed by atoms with Crippen LogP contribution in [-0.2, 0) is 27.2 Å². The molecule has 0 aliphatic carbocycles. The molecular weight excluding hydrogens is 456 g/mol. The Hall–Kier alpha value is -1.26. The van der Waals surface area contributed by atoms with Crippen molar-refractivity contribution in [3.63, 3.8) is 0 Å². The Morgan fingerprint density at radius 1 is 1.23 bits per heavy atom. The molecule has 1 aliphatic rings. The number of ether oxygens (including phenoxy) is 1. The molecule has 16 nitrogen and oxygen atoms in total. The van der Waals surface area contributed by atoms with E-state index in [9.17, 15) is 33.9 Å². The highest BCUT2D eigenvalue weighted by atomic mass is 31.3. The maximum absolute atomic E-state index is 11.8. The van der Waals surface area contributed by atoms with Crippen molar-refractivity contribution in [2.45, 2.75) is 30.6 Å². The summed E-state index contributed by atoms with van der Waals surface area (Å²) in [5.74, 6) is -0.0929. The molecule has 8 N–H and O–H groups in total. The number of nitrogens with zero attached hydrogens (tertiary/aromatic N) is 2. The largest absolute Gasteiger partial charge is 0.481 e. The van der Waals surface area contributed by atoms with E-state index in [0.717, 1.165) is 10.8 Å². The summed E-state index contributed by atoms with van der Waals surface area (Å²) in [4.78, 5) is 34.2. The van der Waals surface area contributed by atoms with Crippen LogP contribution in [-0.4, -0.2) is 84.0 Å². The molecule has 1 aliphatic heterocycles. The first kappa shape index (κ1) is 25.0. The Balaban J connectivity index is 1.98. The van der Waals surface area contributed by atoms with Gasteiger partial charge in [-0.1, -0.05) is 0 Å². The number of nitrogens with two attached hydrogens (primary N) is 1. The smallest absolute Gasteiger partial charge is 0.394 e. The third-order valence-corrected chi connectivity index (χ3v) is 6.31. The maximum Gasteiger partial charge on any atom is 0.481 e. The van der Waals surface area contributed by atoms with Gasteiger partial charge in [-0.05, 0) is 6.07 Å². The van der Waals surface area contributed by atoms with Gasteiger partial charge in [0.1, 0.15) is 30.2 Å². The summed E-state index contributed by atoms with van der Waals surface area (Å²) in [7, 11) is -10.4. The van der Waals surface area contributed by atoms with Crippen LogP contribution in [0.5, 0.6) is 0 Å². The molecule has 1 aromatic rings. The number of hydrogen-bond donors (Lipinski definition) is 7. The van der Waals surface area contributed by atoms with Gasteiger partial charge in [-0.15, -0.1) is 0 Å². The predicted octanol–water partition coefficient (Wildman–Crippen LogP) is -2.95. The fraction of sp³-hybridized carbons (Fsp3) is 0.667. The molecule has 0 saturated carbocycles. The van der Waals surface area contributed by atoms with Crippen molar-refractivity contribution in [2.24, 2.45) is 0 Å². The number of aliphatic hydroxyl groups excluding tert-OH is 4. The number of aliphatic hydroxyl groups is 4. The van der Waals surface area contributed by atoms with Gasteiger partial charge in [0.15, 0.2) is 6.23 Å².